The maximum atomic E-state index is 4.39. The Balaban J connectivity index is 1.71. The Morgan fingerprint density at radius 1 is 0.909 bits per heavy atom. The highest BCUT2D eigenvalue weighted by Gasteiger charge is 2.26. The van der Waals surface area contributed by atoms with Crippen LogP contribution in [0.25, 0.3) is 0 Å². The van der Waals surface area contributed by atoms with Gasteiger partial charge >= 0.3 is 0 Å². The summed E-state index contributed by atoms with van der Waals surface area (Å²) >= 11 is 0. The van der Waals surface area contributed by atoms with E-state index >= 15 is 0 Å². The Morgan fingerprint density at radius 3 is 2.05 bits per heavy atom. The summed E-state index contributed by atoms with van der Waals surface area (Å²) in [6.45, 7) is 10.1. The topological polar surface area (TPSA) is 63.0 Å². The molecule has 22 heavy (non-hydrogen) atoms. The molecule has 0 unspecified atom stereocenters. The van der Waals surface area contributed by atoms with Gasteiger partial charge in [-0.05, 0) is 6.07 Å². The Labute approximate surface area is 131 Å². The van der Waals surface area contributed by atoms with E-state index in [2.05, 4.69) is 55.3 Å². The predicted octanol–water partition coefficient (Wildman–Crippen LogP) is 1.23. The average Bonchev–Trinajstić information content (AvgIpc) is 2.90. The number of rotatable bonds is 2. The Kier molecular flexibility index (Phi) is 3.72. The van der Waals surface area contributed by atoms with Crippen LogP contribution >= 0.6 is 0 Å². The molecule has 2 aromatic rings. The quantitative estimate of drug-likeness (QED) is 0.831. The Bertz CT molecular complexity index is 621. The predicted molar refractivity (Wildman–Crippen MR) is 86.2 cm³/mol. The van der Waals surface area contributed by atoms with E-state index in [4.69, 9.17) is 0 Å². The molecule has 1 aliphatic rings. The summed E-state index contributed by atoms with van der Waals surface area (Å²) in [7, 11) is 2.04. The Hall–Kier alpha value is -2.18. The molecule has 0 radical (unpaired) electrons. The largest absolute Gasteiger partial charge is 0.337 e. The zero-order valence-corrected chi connectivity index (χ0v) is 13.7. The van der Waals surface area contributed by atoms with Crippen molar-refractivity contribution in [2.75, 3.05) is 36.0 Å². The molecule has 0 spiro atoms. The fourth-order valence-corrected chi connectivity index (χ4v) is 2.81. The van der Waals surface area contributed by atoms with Gasteiger partial charge in [0.25, 0.3) is 0 Å². The minimum Gasteiger partial charge on any atom is -0.337 e. The third kappa shape index (κ3) is 2.75. The molecule has 3 rings (SSSR count). The SMILES string of the molecule is Cn1c(N2CCN(c3ncccn3)CC2)nnc1C(C)(C)C. The minimum absolute atomic E-state index is 0.000297. The second-order valence-electron chi connectivity index (χ2n) is 6.66. The van der Waals surface area contributed by atoms with Gasteiger partial charge in [-0.3, -0.25) is 4.57 Å². The first-order chi connectivity index (χ1) is 10.5. The van der Waals surface area contributed by atoms with Gasteiger partial charge in [0.15, 0.2) is 0 Å². The zero-order valence-electron chi connectivity index (χ0n) is 13.7. The van der Waals surface area contributed by atoms with E-state index in [0.717, 1.165) is 43.9 Å². The van der Waals surface area contributed by atoms with E-state index in [0.29, 0.717) is 0 Å². The summed E-state index contributed by atoms with van der Waals surface area (Å²) in [5.41, 5.74) is -0.000297. The molecule has 2 aromatic heterocycles. The first kappa shape index (κ1) is 14.7. The van der Waals surface area contributed by atoms with Crippen LogP contribution in [-0.2, 0) is 12.5 Å². The molecular weight excluding hydrogens is 278 g/mol. The summed E-state index contributed by atoms with van der Waals surface area (Å²) in [5.74, 6) is 2.75. The molecule has 0 saturated carbocycles. The van der Waals surface area contributed by atoms with Gasteiger partial charge in [-0.2, -0.15) is 0 Å². The monoisotopic (exact) mass is 301 g/mol. The van der Waals surface area contributed by atoms with E-state index in [1.54, 1.807) is 12.4 Å². The number of hydrogen-bond acceptors (Lipinski definition) is 6. The van der Waals surface area contributed by atoms with Crippen LogP contribution in [-0.4, -0.2) is 50.9 Å². The van der Waals surface area contributed by atoms with Crippen molar-refractivity contribution in [2.24, 2.45) is 7.05 Å². The molecule has 0 aromatic carbocycles. The molecule has 0 atom stereocenters. The standard InChI is InChI=1S/C15H23N7/c1-15(2,3)12-18-19-14(20(12)4)22-10-8-21(9-11-22)13-16-6-5-7-17-13/h5-7H,8-11H2,1-4H3. The van der Waals surface area contributed by atoms with Gasteiger partial charge in [-0.25, -0.2) is 9.97 Å². The number of piperazine rings is 1. The molecule has 0 bridgehead atoms. The number of anilines is 2. The fourth-order valence-electron chi connectivity index (χ4n) is 2.81. The van der Waals surface area contributed by atoms with Crippen molar-refractivity contribution in [2.45, 2.75) is 26.2 Å². The third-order valence-corrected chi connectivity index (χ3v) is 3.92. The van der Waals surface area contributed by atoms with Gasteiger partial charge in [0.1, 0.15) is 5.82 Å². The molecule has 118 valence electrons. The molecule has 0 amide bonds. The Morgan fingerprint density at radius 2 is 1.50 bits per heavy atom. The first-order valence-electron chi connectivity index (χ1n) is 7.63. The maximum absolute atomic E-state index is 4.39. The van der Waals surface area contributed by atoms with Crippen LogP contribution < -0.4 is 9.80 Å². The second kappa shape index (κ2) is 5.55. The van der Waals surface area contributed by atoms with Crippen molar-refractivity contribution >= 4 is 11.9 Å². The minimum atomic E-state index is -0.000297. The lowest BCUT2D eigenvalue weighted by Crippen LogP contribution is -2.48. The molecule has 1 fully saturated rings. The lowest BCUT2D eigenvalue weighted by atomic mass is 9.96. The van der Waals surface area contributed by atoms with Crippen molar-refractivity contribution in [1.82, 2.24) is 24.7 Å². The van der Waals surface area contributed by atoms with Crippen molar-refractivity contribution < 1.29 is 0 Å². The van der Waals surface area contributed by atoms with E-state index in [9.17, 15) is 0 Å². The third-order valence-electron chi connectivity index (χ3n) is 3.92. The normalized spacial score (nSPS) is 16.2. The molecule has 0 aliphatic carbocycles. The van der Waals surface area contributed by atoms with Crippen LogP contribution in [0.1, 0.15) is 26.6 Å². The highest BCUT2D eigenvalue weighted by molar-refractivity contribution is 5.38. The fraction of sp³-hybridized carbons (Fsp3) is 0.600. The number of aromatic nitrogens is 5. The van der Waals surface area contributed by atoms with Crippen molar-refractivity contribution in [3.8, 4) is 0 Å². The molecule has 3 heterocycles. The lowest BCUT2D eigenvalue weighted by molar-refractivity contribution is 0.518. The molecule has 7 heteroatoms. The summed E-state index contributed by atoms with van der Waals surface area (Å²) in [5, 5.41) is 8.77. The smallest absolute Gasteiger partial charge is 0.227 e. The molecular formula is C15H23N7. The van der Waals surface area contributed by atoms with Gasteiger partial charge in [0, 0.05) is 51.0 Å². The van der Waals surface area contributed by atoms with Crippen LogP contribution in [0.5, 0.6) is 0 Å². The van der Waals surface area contributed by atoms with Gasteiger partial charge in [-0.1, -0.05) is 20.8 Å². The van der Waals surface area contributed by atoms with Gasteiger partial charge in [-0.15, -0.1) is 10.2 Å². The highest BCUT2D eigenvalue weighted by Crippen LogP contribution is 2.24. The van der Waals surface area contributed by atoms with Gasteiger partial charge < -0.3 is 9.80 Å². The maximum Gasteiger partial charge on any atom is 0.227 e. The van der Waals surface area contributed by atoms with Crippen LogP contribution in [0, 0.1) is 0 Å². The summed E-state index contributed by atoms with van der Waals surface area (Å²) in [6, 6.07) is 1.84. The summed E-state index contributed by atoms with van der Waals surface area (Å²) < 4.78 is 2.11. The van der Waals surface area contributed by atoms with E-state index in [-0.39, 0.29) is 5.41 Å². The lowest BCUT2D eigenvalue weighted by Gasteiger charge is -2.35. The second-order valence-corrected chi connectivity index (χ2v) is 6.66. The van der Waals surface area contributed by atoms with E-state index in [1.807, 2.05) is 13.1 Å². The zero-order chi connectivity index (χ0) is 15.7. The van der Waals surface area contributed by atoms with Crippen LogP contribution in [0.3, 0.4) is 0 Å². The number of hydrogen-bond donors (Lipinski definition) is 0. The van der Waals surface area contributed by atoms with Crippen molar-refractivity contribution in [1.29, 1.82) is 0 Å². The van der Waals surface area contributed by atoms with Crippen LogP contribution in [0.2, 0.25) is 0 Å². The molecule has 0 N–H and O–H groups in total. The van der Waals surface area contributed by atoms with E-state index < -0.39 is 0 Å². The van der Waals surface area contributed by atoms with Crippen LogP contribution in [0.15, 0.2) is 18.5 Å². The number of nitrogens with zero attached hydrogens (tertiary/aromatic N) is 7. The van der Waals surface area contributed by atoms with Gasteiger partial charge in [0.2, 0.25) is 11.9 Å². The molecule has 1 aliphatic heterocycles. The first-order valence-corrected chi connectivity index (χ1v) is 7.63. The average molecular weight is 301 g/mol. The molecule has 7 nitrogen and oxygen atoms in total. The van der Waals surface area contributed by atoms with E-state index in [1.165, 1.54) is 0 Å². The van der Waals surface area contributed by atoms with Crippen molar-refractivity contribution in [3.63, 3.8) is 0 Å². The van der Waals surface area contributed by atoms with Crippen LogP contribution in [0.4, 0.5) is 11.9 Å². The summed E-state index contributed by atoms with van der Waals surface area (Å²) in [6.07, 6.45) is 3.57. The highest BCUT2D eigenvalue weighted by atomic mass is 15.4. The van der Waals surface area contributed by atoms with Gasteiger partial charge in [0.05, 0.1) is 0 Å². The van der Waals surface area contributed by atoms with Crippen molar-refractivity contribution in [3.05, 3.63) is 24.3 Å². The summed E-state index contributed by atoms with van der Waals surface area (Å²) in [4.78, 5) is 13.1. The molecule has 1 saturated heterocycles.